The van der Waals surface area contributed by atoms with Crippen LogP contribution in [0.1, 0.15) is 29.3 Å². The number of carbonyl (C=O) groups excluding carboxylic acids is 1. The first-order chi connectivity index (χ1) is 16.5. The molecule has 0 spiro atoms. The number of anilines is 1. The monoisotopic (exact) mass is 471 g/mol. The number of nitrogens with one attached hydrogen (secondary N) is 1. The molecule has 4 rings (SSSR count). The predicted molar refractivity (Wildman–Crippen MR) is 131 cm³/mol. The normalized spacial score (nSPS) is 11.6. The summed E-state index contributed by atoms with van der Waals surface area (Å²) in [6.45, 7) is 1.14. The number of carboxylic acid groups (broad SMARTS) is 1. The van der Waals surface area contributed by atoms with Gasteiger partial charge in [0, 0.05) is 12.3 Å². The predicted octanol–water partition coefficient (Wildman–Crippen LogP) is 4.90. The molecule has 7 nitrogen and oxygen atoms in total. The number of benzene rings is 3. The summed E-state index contributed by atoms with van der Waals surface area (Å²) in [7, 11) is 0. The van der Waals surface area contributed by atoms with E-state index in [1.54, 1.807) is 5.38 Å². The summed E-state index contributed by atoms with van der Waals surface area (Å²) in [6, 6.07) is 29.9. The highest BCUT2D eigenvalue weighted by Gasteiger charge is 2.37. The number of thiazole rings is 1. The number of nitrogens with zero attached hydrogens (tertiary/aromatic N) is 2. The lowest BCUT2D eigenvalue weighted by Crippen LogP contribution is -2.38. The molecule has 2 N–H and O–H groups in total. The zero-order valence-corrected chi connectivity index (χ0v) is 19.0. The molecule has 34 heavy (non-hydrogen) atoms. The summed E-state index contributed by atoms with van der Waals surface area (Å²) < 4.78 is 0. The number of aromatic nitrogens is 1. The van der Waals surface area contributed by atoms with Crippen LogP contribution in [0.2, 0.25) is 0 Å². The number of oxime groups is 1. The lowest BCUT2D eigenvalue weighted by Gasteiger charge is -2.36. The zero-order valence-electron chi connectivity index (χ0n) is 18.2. The molecule has 0 fully saturated rings. The third-order valence-corrected chi connectivity index (χ3v) is 5.89. The molecule has 0 aliphatic heterocycles. The maximum atomic E-state index is 11.7. The van der Waals surface area contributed by atoms with Crippen molar-refractivity contribution >= 4 is 34.1 Å². The first-order valence-corrected chi connectivity index (χ1v) is 11.3. The first kappa shape index (κ1) is 22.9. The summed E-state index contributed by atoms with van der Waals surface area (Å²) >= 11 is 1.23. The van der Waals surface area contributed by atoms with E-state index >= 15 is 0 Å². The Morgan fingerprint density at radius 2 is 1.35 bits per heavy atom. The zero-order chi connectivity index (χ0) is 24.0. The Labute approximate surface area is 200 Å². The number of carboxylic acids is 1. The lowest BCUT2D eigenvalue weighted by atomic mass is 9.77. The third-order valence-electron chi connectivity index (χ3n) is 5.13. The molecule has 3 aromatic carbocycles. The molecule has 1 heterocycles. The molecule has 0 aliphatic rings. The van der Waals surface area contributed by atoms with Crippen LogP contribution in [-0.4, -0.2) is 27.7 Å². The van der Waals surface area contributed by atoms with Crippen LogP contribution in [-0.2, 0) is 20.0 Å². The minimum Gasteiger partial charge on any atom is -0.476 e. The van der Waals surface area contributed by atoms with Gasteiger partial charge < -0.3 is 15.3 Å². The van der Waals surface area contributed by atoms with Gasteiger partial charge in [0.15, 0.2) is 5.13 Å². The average molecular weight is 472 g/mol. The van der Waals surface area contributed by atoms with Crippen LogP contribution in [0, 0.1) is 0 Å². The molecule has 0 atom stereocenters. The van der Waals surface area contributed by atoms with Crippen LogP contribution in [0.15, 0.2) is 102 Å². The van der Waals surface area contributed by atoms with Crippen molar-refractivity contribution in [2.45, 2.75) is 12.5 Å². The second-order valence-electron chi connectivity index (χ2n) is 7.34. The van der Waals surface area contributed by atoms with Crippen molar-refractivity contribution in [3.63, 3.8) is 0 Å². The fraction of sp³-hybridized carbons (Fsp3) is 0.0769. The van der Waals surface area contributed by atoms with E-state index in [-0.39, 0.29) is 5.69 Å². The van der Waals surface area contributed by atoms with Gasteiger partial charge in [-0.15, -0.1) is 11.3 Å². The van der Waals surface area contributed by atoms with Crippen LogP contribution < -0.4 is 5.32 Å². The Kier molecular flexibility index (Phi) is 6.79. The Balaban J connectivity index is 1.86. The van der Waals surface area contributed by atoms with Crippen molar-refractivity contribution in [2.24, 2.45) is 5.16 Å². The second kappa shape index (κ2) is 10.1. The number of aliphatic carboxylic acids is 1. The van der Waals surface area contributed by atoms with E-state index in [2.05, 4.69) is 20.3 Å². The molecule has 0 radical (unpaired) electrons. The maximum absolute atomic E-state index is 11.7. The molecule has 0 bridgehead atoms. The first-order valence-electron chi connectivity index (χ1n) is 10.4. The summed E-state index contributed by atoms with van der Waals surface area (Å²) in [5, 5.41) is 18.6. The van der Waals surface area contributed by atoms with Gasteiger partial charge in [-0.25, -0.2) is 14.6 Å². The summed E-state index contributed by atoms with van der Waals surface area (Å²) in [5.74, 6) is -2.07. The van der Waals surface area contributed by atoms with Gasteiger partial charge in [-0.1, -0.05) is 96.2 Å². The van der Waals surface area contributed by atoms with E-state index in [0.29, 0.717) is 5.13 Å². The minimum atomic E-state index is -1.35. The molecule has 0 unspecified atom stereocenters. The molecule has 0 amide bonds. The van der Waals surface area contributed by atoms with Crippen LogP contribution in [0.3, 0.4) is 0 Å². The van der Waals surface area contributed by atoms with E-state index in [4.69, 9.17) is 0 Å². The van der Waals surface area contributed by atoms with E-state index in [0.717, 1.165) is 23.6 Å². The Morgan fingerprint density at radius 3 is 1.76 bits per heavy atom. The van der Waals surface area contributed by atoms with E-state index in [9.17, 15) is 14.7 Å². The number of carbonyl (C=O) groups is 2. The van der Waals surface area contributed by atoms with Gasteiger partial charge in [0.25, 0.3) is 0 Å². The number of rotatable bonds is 8. The van der Waals surface area contributed by atoms with Gasteiger partial charge in [-0.3, -0.25) is 0 Å². The highest BCUT2D eigenvalue weighted by molar-refractivity contribution is 7.14. The molecule has 170 valence electrons. The van der Waals surface area contributed by atoms with E-state index < -0.39 is 23.2 Å². The van der Waals surface area contributed by atoms with Gasteiger partial charge >= 0.3 is 11.9 Å². The van der Waals surface area contributed by atoms with Crippen molar-refractivity contribution in [3.05, 3.63) is 119 Å². The van der Waals surface area contributed by atoms with Crippen LogP contribution in [0.4, 0.5) is 5.13 Å². The SMILES string of the molecule is CC(=O)O/N=C(/C(=O)O)c1csc(NC(c2ccccc2)(c2ccccc2)c2ccccc2)n1. The van der Waals surface area contributed by atoms with Crippen molar-refractivity contribution in [2.75, 3.05) is 5.32 Å². The molecule has 0 aliphatic carbocycles. The number of hydrogen-bond donors (Lipinski definition) is 2. The highest BCUT2D eigenvalue weighted by atomic mass is 32.1. The molecular weight excluding hydrogens is 450 g/mol. The smallest absolute Gasteiger partial charge is 0.360 e. The minimum absolute atomic E-state index is 0.0873. The maximum Gasteiger partial charge on any atom is 0.360 e. The van der Waals surface area contributed by atoms with Crippen molar-refractivity contribution in [1.82, 2.24) is 4.98 Å². The lowest BCUT2D eigenvalue weighted by molar-refractivity contribution is -0.141. The number of hydrogen-bond acceptors (Lipinski definition) is 7. The third kappa shape index (κ3) is 4.72. The van der Waals surface area contributed by atoms with Gasteiger partial charge in [0.2, 0.25) is 5.71 Å². The summed E-state index contributed by atoms with van der Waals surface area (Å²) in [4.78, 5) is 31.8. The van der Waals surface area contributed by atoms with Crippen molar-refractivity contribution < 1.29 is 19.5 Å². The van der Waals surface area contributed by atoms with Crippen molar-refractivity contribution in [3.8, 4) is 0 Å². The fourth-order valence-corrected chi connectivity index (χ4v) is 4.44. The molecular formula is C26H21N3O4S. The molecule has 8 heteroatoms. The Hall–Kier alpha value is -4.30. The average Bonchev–Trinajstić information content (AvgIpc) is 3.32. The van der Waals surface area contributed by atoms with E-state index in [1.165, 1.54) is 11.3 Å². The second-order valence-corrected chi connectivity index (χ2v) is 8.20. The van der Waals surface area contributed by atoms with Gasteiger partial charge in [0.1, 0.15) is 11.2 Å². The van der Waals surface area contributed by atoms with Crippen LogP contribution in [0.5, 0.6) is 0 Å². The van der Waals surface area contributed by atoms with Gasteiger partial charge in [0.05, 0.1) is 0 Å². The van der Waals surface area contributed by atoms with Gasteiger partial charge in [-0.2, -0.15) is 0 Å². The fourth-order valence-electron chi connectivity index (χ4n) is 3.69. The summed E-state index contributed by atoms with van der Waals surface area (Å²) in [5.41, 5.74) is 1.77. The van der Waals surface area contributed by atoms with Crippen molar-refractivity contribution in [1.29, 1.82) is 0 Å². The topological polar surface area (TPSA) is 101 Å². The molecule has 0 saturated carbocycles. The Morgan fingerprint density at radius 1 is 0.882 bits per heavy atom. The molecule has 1 aromatic heterocycles. The van der Waals surface area contributed by atoms with Crippen LogP contribution in [0.25, 0.3) is 0 Å². The summed E-state index contributed by atoms with van der Waals surface area (Å²) in [6.07, 6.45) is 0. The highest BCUT2D eigenvalue weighted by Crippen LogP contribution is 2.40. The molecule has 4 aromatic rings. The van der Waals surface area contributed by atoms with Gasteiger partial charge in [-0.05, 0) is 16.7 Å². The standard InChI is InChI=1S/C26H21N3O4S/c1-18(30)33-29-23(24(31)32)22-17-34-25(27-22)28-26(19-11-5-2-6-12-19,20-13-7-3-8-14-20)21-15-9-4-10-16-21/h2-17H,1H3,(H,27,28)(H,31,32)/b29-23+. The largest absolute Gasteiger partial charge is 0.476 e. The van der Waals surface area contributed by atoms with E-state index in [1.807, 2.05) is 91.0 Å². The van der Waals surface area contributed by atoms with Crippen LogP contribution >= 0.6 is 11.3 Å². The molecule has 0 saturated heterocycles. The Bertz CT molecular complexity index is 1210. The quantitative estimate of drug-likeness (QED) is 0.164.